The van der Waals surface area contributed by atoms with Crippen LogP contribution in [0.2, 0.25) is 0 Å². The second-order valence-electron chi connectivity index (χ2n) is 7.69. The number of hydrogen-bond donors (Lipinski definition) is 1. The third-order valence-corrected chi connectivity index (χ3v) is 5.65. The molecule has 0 spiro atoms. The maximum atomic E-state index is 12.4. The molecule has 0 aromatic heterocycles. The summed E-state index contributed by atoms with van der Waals surface area (Å²) in [6, 6.07) is 7.38. The highest BCUT2D eigenvalue weighted by molar-refractivity contribution is 5.82. The Kier molecular flexibility index (Phi) is 6.49. The summed E-state index contributed by atoms with van der Waals surface area (Å²) in [6.07, 6.45) is 7.96. The number of ether oxygens (including phenoxy) is 1. The molecule has 3 atom stereocenters. The molecule has 150 valence electrons. The van der Waals surface area contributed by atoms with Crippen LogP contribution in [0.5, 0.6) is 0 Å². The smallest absolute Gasteiger partial charge is 0.308 e. The molecule has 1 aromatic rings. The van der Waals surface area contributed by atoms with Gasteiger partial charge in [0.1, 0.15) is 0 Å². The molecule has 0 radical (unpaired) electrons. The molecule has 0 unspecified atom stereocenters. The lowest BCUT2D eigenvalue weighted by Gasteiger charge is -2.32. The van der Waals surface area contributed by atoms with Gasteiger partial charge in [0.15, 0.2) is 6.61 Å². The molecule has 28 heavy (non-hydrogen) atoms. The molecule has 2 amide bonds. The lowest BCUT2D eigenvalue weighted by molar-refractivity contribution is -0.150. The number of benzene rings is 1. The SMILES string of the molecule is CC(=O)N1C=Cc2ccccc2[C@@H]1CC(=O)OCC(=O)N[C@H]1CCCC[C@@H]1C. The van der Waals surface area contributed by atoms with E-state index in [1.54, 1.807) is 6.20 Å². The largest absolute Gasteiger partial charge is 0.456 e. The van der Waals surface area contributed by atoms with Gasteiger partial charge in [0.2, 0.25) is 5.91 Å². The molecule has 1 aliphatic carbocycles. The Morgan fingerprint density at radius 3 is 2.68 bits per heavy atom. The van der Waals surface area contributed by atoms with Gasteiger partial charge in [-0.25, -0.2) is 0 Å². The third kappa shape index (κ3) is 4.80. The number of carbonyl (C=O) groups excluding carboxylic acids is 3. The van der Waals surface area contributed by atoms with E-state index in [9.17, 15) is 14.4 Å². The summed E-state index contributed by atoms with van der Waals surface area (Å²) in [5.74, 6) is -0.455. The Bertz CT molecular complexity index is 774. The maximum absolute atomic E-state index is 12.4. The van der Waals surface area contributed by atoms with E-state index in [2.05, 4.69) is 12.2 Å². The van der Waals surface area contributed by atoms with Crippen molar-refractivity contribution in [3.05, 3.63) is 41.6 Å². The molecular weight excluding hydrogens is 356 g/mol. The van der Waals surface area contributed by atoms with Gasteiger partial charge in [0.05, 0.1) is 12.5 Å². The first-order valence-electron chi connectivity index (χ1n) is 9.96. The van der Waals surface area contributed by atoms with Gasteiger partial charge in [-0.2, -0.15) is 0 Å². The highest BCUT2D eigenvalue weighted by atomic mass is 16.5. The van der Waals surface area contributed by atoms with Crippen LogP contribution >= 0.6 is 0 Å². The zero-order valence-electron chi connectivity index (χ0n) is 16.5. The summed E-state index contributed by atoms with van der Waals surface area (Å²) >= 11 is 0. The molecular formula is C22H28N2O4. The van der Waals surface area contributed by atoms with E-state index in [-0.39, 0.29) is 30.9 Å². The predicted molar refractivity (Wildman–Crippen MR) is 106 cm³/mol. The van der Waals surface area contributed by atoms with E-state index in [0.29, 0.717) is 5.92 Å². The summed E-state index contributed by atoms with van der Waals surface area (Å²) in [5, 5.41) is 2.98. The average molecular weight is 384 g/mol. The number of rotatable bonds is 5. The second kappa shape index (κ2) is 9.04. The molecule has 1 fully saturated rings. The lowest BCUT2D eigenvalue weighted by Crippen LogP contribution is -2.43. The number of fused-ring (bicyclic) bond motifs is 1. The molecule has 3 rings (SSSR count). The van der Waals surface area contributed by atoms with Crippen molar-refractivity contribution in [1.29, 1.82) is 0 Å². The standard InChI is InChI=1S/C22H28N2O4/c1-15-7-3-6-10-19(15)23-21(26)14-28-22(27)13-20-18-9-5-4-8-17(18)11-12-24(20)16(2)25/h4-5,8-9,11-12,15,19-20H,3,6-7,10,13-14H2,1-2H3,(H,23,26)/t15-,19-,20-/m0/s1. The van der Waals surface area contributed by atoms with Gasteiger partial charge in [0.25, 0.3) is 5.91 Å². The summed E-state index contributed by atoms with van der Waals surface area (Å²) in [7, 11) is 0. The number of hydrogen-bond acceptors (Lipinski definition) is 4. The summed E-state index contributed by atoms with van der Waals surface area (Å²) in [6.45, 7) is 3.32. The molecule has 1 N–H and O–H groups in total. The molecule has 6 heteroatoms. The average Bonchev–Trinajstić information content (AvgIpc) is 2.68. The van der Waals surface area contributed by atoms with Crippen LogP contribution < -0.4 is 5.32 Å². The summed E-state index contributed by atoms with van der Waals surface area (Å²) < 4.78 is 5.21. The van der Waals surface area contributed by atoms with Crippen molar-refractivity contribution < 1.29 is 19.1 Å². The van der Waals surface area contributed by atoms with Crippen LogP contribution in [0.25, 0.3) is 6.08 Å². The summed E-state index contributed by atoms with van der Waals surface area (Å²) in [4.78, 5) is 38.1. The Morgan fingerprint density at radius 1 is 1.18 bits per heavy atom. The molecule has 1 aromatic carbocycles. The van der Waals surface area contributed by atoms with Crippen molar-refractivity contribution in [2.24, 2.45) is 5.92 Å². The molecule has 1 heterocycles. The maximum Gasteiger partial charge on any atom is 0.308 e. The molecule has 0 saturated heterocycles. The number of amides is 2. The quantitative estimate of drug-likeness (QED) is 0.791. The van der Waals surface area contributed by atoms with Crippen LogP contribution in [-0.4, -0.2) is 35.3 Å². The minimum atomic E-state index is -0.492. The van der Waals surface area contributed by atoms with Gasteiger partial charge < -0.3 is 15.0 Å². The van der Waals surface area contributed by atoms with Gasteiger partial charge in [-0.3, -0.25) is 14.4 Å². The van der Waals surface area contributed by atoms with Crippen LogP contribution in [0.1, 0.15) is 63.1 Å². The Hall–Kier alpha value is -2.63. The van der Waals surface area contributed by atoms with Crippen LogP contribution in [0.15, 0.2) is 30.5 Å². The minimum Gasteiger partial charge on any atom is -0.456 e. The van der Waals surface area contributed by atoms with Gasteiger partial charge in [-0.05, 0) is 36.0 Å². The zero-order chi connectivity index (χ0) is 20.1. The normalized spacial score (nSPS) is 23.6. The van der Waals surface area contributed by atoms with Crippen molar-refractivity contribution in [3.8, 4) is 0 Å². The number of nitrogens with one attached hydrogen (secondary N) is 1. The number of esters is 1. The first-order chi connectivity index (χ1) is 13.5. The van der Waals surface area contributed by atoms with Crippen molar-refractivity contribution >= 4 is 23.9 Å². The monoisotopic (exact) mass is 384 g/mol. The third-order valence-electron chi connectivity index (χ3n) is 5.65. The van der Waals surface area contributed by atoms with Gasteiger partial charge in [-0.15, -0.1) is 0 Å². The number of nitrogens with zero attached hydrogens (tertiary/aromatic N) is 1. The van der Waals surface area contributed by atoms with Gasteiger partial charge in [0, 0.05) is 19.2 Å². The van der Waals surface area contributed by atoms with E-state index in [1.807, 2.05) is 30.3 Å². The van der Waals surface area contributed by atoms with E-state index in [1.165, 1.54) is 18.2 Å². The van der Waals surface area contributed by atoms with Crippen molar-refractivity contribution in [3.63, 3.8) is 0 Å². The molecule has 1 aliphatic heterocycles. The molecule has 2 aliphatic rings. The summed E-state index contributed by atoms with van der Waals surface area (Å²) in [5.41, 5.74) is 1.87. The van der Waals surface area contributed by atoms with Gasteiger partial charge in [-0.1, -0.05) is 44.0 Å². The fourth-order valence-corrected chi connectivity index (χ4v) is 4.06. The first-order valence-corrected chi connectivity index (χ1v) is 9.96. The lowest BCUT2D eigenvalue weighted by atomic mass is 9.86. The topological polar surface area (TPSA) is 75.7 Å². The van der Waals surface area contributed by atoms with E-state index >= 15 is 0 Å². The molecule has 0 bridgehead atoms. The van der Waals surface area contributed by atoms with Gasteiger partial charge >= 0.3 is 5.97 Å². The Balaban J connectivity index is 1.56. The van der Waals surface area contributed by atoms with E-state index in [4.69, 9.17) is 4.74 Å². The highest BCUT2D eigenvalue weighted by Gasteiger charge is 2.29. The van der Waals surface area contributed by atoms with Crippen LogP contribution in [0, 0.1) is 5.92 Å². The second-order valence-corrected chi connectivity index (χ2v) is 7.69. The Morgan fingerprint density at radius 2 is 1.93 bits per heavy atom. The fraction of sp³-hybridized carbons (Fsp3) is 0.500. The Labute approximate surface area is 165 Å². The highest BCUT2D eigenvalue weighted by Crippen LogP contribution is 2.33. The number of carbonyl (C=O) groups is 3. The van der Waals surface area contributed by atoms with Crippen molar-refractivity contribution in [1.82, 2.24) is 10.2 Å². The first kappa shape index (κ1) is 20.1. The minimum absolute atomic E-state index is 0.00798. The van der Waals surface area contributed by atoms with Crippen LogP contribution in [0.4, 0.5) is 0 Å². The van der Waals surface area contributed by atoms with Crippen molar-refractivity contribution in [2.75, 3.05) is 6.61 Å². The van der Waals surface area contributed by atoms with Crippen molar-refractivity contribution in [2.45, 2.75) is 58.0 Å². The molecule has 6 nitrogen and oxygen atoms in total. The van der Waals surface area contributed by atoms with Crippen LogP contribution in [-0.2, 0) is 19.1 Å². The van der Waals surface area contributed by atoms with Crippen LogP contribution in [0.3, 0.4) is 0 Å². The zero-order valence-corrected chi connectivity index (χ0v) is 16.5. The predicted octanol–water partition coefficient (Wildman–Crippen LogP) is 3.19. The van der Waals surface area contributed by atoms with E-state index < -0.39 is 12.0 Å². The fourth-order valence-electron chi connectivity index (χ4n) is 4.06. The molecule has 1 saturated carbocycles. The van der Waals surface area contributed by atoms with E-state index in [0.717, 1.165) is 30.4 Å².